The predicted octanol–water partition coefficient (Wildman–Crippen LogP) is 5.46. The SMILES string of the molecule is CC(C)(C)c1ccc(OCC(=O)Nc2n[nH]c3ccc(OCc4ccccc4)cc23)cc1. The first-order chi connectivity index (χ1) is 15.4. The smallest absolute Gasteiger partial charge is 0.263 e. The van der Waals surface area contributed by atoms with Crippen LogP contribution in [0.15, 0.2) is 72.8 Å². The lowest BCUT2D eigenvalue weighted by molar-refractivity contribution is -0.118. The highest BCUT2D eigenvalue weighted by Crippen LogP contribution is 2.26. The molecule has 0 unspecified atom stereocenters. The molecule has 0 fully saturated rings. The minimum absolute atomic E-state index is 0.0700. The Morgan fingerprint density at radius 1 is 0.938 bits per heavy atom. The van der Waals surface area contributed by atoms with Crippen molar-refractivity contribution in [2.24, 2.45) is 0 Å². The Labute approximate surface area is 187 Å². The minimum Gasteiger partial charge on any atom is -0.489 e. The highest BCUT2D eigenvalue weighted by atomic mass is 16.5. The van der Waals surface area contributed by atoms with E-state index >= 15 is 0 Å². The predicted molar refractivity (Wildman–Crippen MR) is 126 cm³/mol. The number of anilines is 1. The number of nitrogens with one attached hydrogen (secondary N) is 2. The highest BCUT2D eigenvalue weighted by molar-refractivity contribution is 6.00. The summed E-state index contributed by atoms with van der Waals surface area (Å²) in [6, 6.07) is 23.4. The molecule has 2 N–H and O–H groups in total. The zero-order valence-corrected chi connectivity index (χ0v) is 18.5. The standard InChI is InChI=1S/C26H27N3O3/c1-26(2,3)19-9-11-20(12-10-19)32-17-24(30)27-25-22-15-21(13-14-23(22)28-29-25)31-16-18-7-5-4-6-8-18/h4-15H,16-17H2,1-3H3,(H2,27,28,29,30). The number of amides is 1. The Morgan fingerprint density at radius 2 is 1.66 bits per heavy atom. The van der Waals surface area contributed by atoms with E-state index in [1.807, 2.05) is 72.8 Å². The lowest BCUT2D eigenvalue weighted by atomic mass is 9.87. The molecular formula is C26H27N3O3. The second-order valence-corrected chi connectivity index (χ2v) is 8.67. The maximum Gasteiger partial charge on any atom is 0.263 e. The molecule has 4 aromatic rings. The van der Waals surface area contributed by atoms with Crippen LogP contribution in [0.25, 0.3) is 10.9 Å². The molecule has 164 valence electrons. The van der Waals surface area contributed by atoms with Crippen molar-refractivity contribution in [1.29, 1.82) is 0 Å². The van der Waals surface area contributed by atoms with E-state index < -0.39 is 0 Å². The van der Waals surface area contributed by atoms with Gasteiger partial charge in [-0.3, -0.25) is 9.89 Å². The van der Waals surface area contributed by atoms with E-state index in [-0.39, 0.29) is 17.9 Å². The molecule has 0 aliphatic heterocycles. The van der Waals surface area contributed by atoms with Gasteiger partial charge in [-0.15, -0.1) is 0 Å². The molecule has 0 spiro atoms. The van der Waals surface area contributed by atoms with Crippen LogP contribution in [0.5, 0.6) is 11.5 Å². The average Bonchev–Trinajstić information content (AvgIpc) is 3.18. The number of nitrogens with zero attached hydrogens (tertiary/aromatic N) is 1. The number of aromatic nitrogens is 2. The topological polar surface area (TPSA) is 76.2 Å². The summed E-state index contributed by atoms with van der Waals surface area (Å²) < 4.78 is 11.5. The van der Waals surface area contributed by atoms with E-state index in [0.717, 1.165) is 16.5 Å². The van der Waals surface area contributed by atoms with Gasteiger partial charge in [-0.05, 0) is 46.9 Å². The molecule has 0 saturated heterocycles. The zero-order valence-electron chi connectivity index (χ0n) is 18.5. The molecule has 32 heavy (non-hydrogen) atoms. The van der Waals surface area contributed by atoms with E-state index in [2.05, 4.69) is 36.3 Å². The third kappa shape index (κ3) is 5.27. The molecule has 0 aliphatic rings. The van der Waals surface area contributed by atoms with Gasteiger partial charge in [-0.2, -0.15) is 5.10 Å². The fraction of sp³-hybridized carbons (Fsp3) is 0.231. The summed E-state index contributed by atoms with van der Waals surface area (Å²) in [6.45, 7) is 6.83. The number of carbonyl (C=O) groups is 1. The van der Waals surface area contributed by atoms with E-state index in [0.29, 0.717) is 23.9 Å². The van der Waals surface area contributed by atoms with Gasteiger partial charge in [0.15, 0.2) is 12.4 Å². The maximum absolute atomic E-state index is 12.4. The monoisotopic (exact) mass is 429 g/mol. The lowest BCUT2D eigenvalue weighted by Gasteiger charge is -2.19. The quantitative estimate of drug-likeness (QED) is 0.409. The van der Waals surface area contributed by atoms with Gasteiger partial charge >= 0.3 is 0 Å². The summed E-state index contributed by atoms with van der Waals surface area (Å²) in [7, 11) is 0. The molecule has 0 radical (unpaired) electrons. The summed E-state index contributed by atoms with van der Waals surface area (Å²) in [5.41, 5.74) is 3.18. The number of rotatable bonds is 7. The van der Waals surface area contributed by atoms with Crippen LogP contribution < -0.4 is 14.8 Å². The van der Waals surface area contributed by atoms with Crippen LogP contribution in [0.3, 0.4) is 0 Å². The molecule has 0 aliphatic carbocycles. The third-order valence-electron chi connectivity index (χ3n) is 5.13. The lowest BCUT2D eigenvalue weighted by Crippen LogP contribution is -2.20. The highest BCUT2D eigenvalue weighted by Gasteiger charge is 2.14. The van der Waals surface area contributed by atoms with Crippen LogP contribution in [0, 0.1) is 0 Å². The summed E-state index contributed by atoms with van der Waals surface area (Å²) >= 11 is 0. The molecule has 0 saturated carbocycles. The van der Waals surface area contributed by atoms with Crippen LogP contribution in [-0.2, 0) is 16.8 Å². The van der Waals surface area contributed by atoms with Crippen molar-refractivity contribution in [2.45, 2.75) is 32.8 Å². The molecule has 0 atom stereocenters. The Kier molecular flexibility index (Phi) is 6.12. The minimum atomic E-state index is -0.283. The van der Waals surface area contributed by atoms with Crippen LogP contribution >= 0.6 is 0 Å². The number of aromatic amines is 1. The van der Waals surface area contributed by atoms with E-state index in [1.54, 1.807) is 0 Å². The maximum atomic E-state index is 12.4. The number of H-pyrrole nitrogens is 1. The molecule has 6 nitrogen and oxygen atoms in total. The number of fused-ring (bicyclic) bond motifs is 1. The van der Waals surface area contributed by atoms with Gasteiger partial charge in [0, 0.05) is 5.39 Å². The summed E-state index contributed by atoms with van der Waals surface area (Å²) in [6.07, 6.45) is 0. The molecule has 1 heterocycles. The Bertz CT molecular complexity index is 1190. The molecule has 3 aromatic carbocycles. The molecule has 6 heteroatoms. The third-order valence-corrected chi connectivity index (χ3v) is 5.13. The van der Waals surface area contributed by atoms with Crippen LogP contribution in [0.4, 0.5) is 5.82 Å². The van der Waals surface area contributed by atoms with Gasteiger partial charge in [-0.1, -0.05) is 63.2 Å². The number of carbonyl (C=O) groups excluding carboxylic acids is 1. The van der Waals surface area contributed by atoms with Gasteiger partial charge in [0.25, 0.3) is 5.91 Å². The van der Waals surface area contributed by atoms with Gasteiger partial charge in [0.1, 0.15) is 18.1 Å². The second-order valence-electron chi connectivity index (χ2n) is 8.67. The normalized spacial score (nSPS) is 11.3. The largest absolute Gasteiger partial charge is 0.489 e. The van der Waals surface area contributed by atoms with E-state index in [9.17, 15) is 4.79 Å². The first kappa shape index (κ1) is 21.4. The van der Waals surface area contributed by atoms with Crippen molar-refractivity contribution in [3.05, 3.63) is 83.9 Å². The van der Waals surface area contributed by atoms with Crippen molar-refractivity contribution in [1.82, 2.24) is 10.2 Å². The molecular weight excluding hydrogens is 402 g/mol. The Morgan fingerprint density at radius 3 is 2.38 bits per heavy atom. The zero-order chi connectivity index (χ0) is 22.6. The van der Waals surface area contributed by atoms with Gasteiger partial charge in [0.2, 0.25) is 0 Å². The van der Waals surface area contributed by atoms with Crippen LogP contribution in [0.2, 0.25) is 0 Å². The average molecular weight is 430 g/mol. The van der Waals surface area contributed by atoms with Crippen molar-refractivity contribution in [3.63, 3.8) is 0 Å². The van der Waals surface area contributed by atoms with E-state index in [1.165, 1.54) is 5.56 Å². The fourth-order valence-corrected chi connectivity index (χ4v) is 3.29. The fourth-order valence-electron chi connectivity index (χ4n) is 3.29. The van der Waals surface area contributed by atoms with Crippen LogP contribution in [0.1, 0.15) is 31.9 Å². The summed E-state index contributed by atoms with van der Waals surface area (Å²) in [5, 5.41) is 10.7. The molecule has 0 bridgehead atoms. The Balaban J connectivity index is 1.37. The van der Waals surface area contributed by atoms with Gasteiger partial charge in [0.05, 0.1) is 5.52 Å². The Hall–Kier alpha value is -3.80. The first-order valence-corrected chi connectivity index (χ1v) is 10.6. The number of hydrogen-bond acceptors (Lipinski definition) is 4. The van der Waals surface area contributed by atoms with E-state index in [4.69, 9.17) is 9.47 Å². The van der Waals surface area contributed by atoms with Crippen molar-refractivity contribution in [2.75, 3.05) is 11.9 Å². The van der Waals surface area contributed by atoms with Gasteiger partial charge < -0.3 is 14.8 Å². The summed E-state index contributed by atoms with van der Waals surface area (Å²) in [4.78, 5) is 12.4. The van der Waals surface area contributed by atoms with Gasteiger partial charge in [-0.25, -0.2) is 0 Å². The van der Waals surface area contributed by atoms with Crippen molar-refractivity contribution >= 4 is 22.6 Å². The van der Waals surface area contributed by atoms with Crippen molar-refractivity contribution < 1.29 is 14.3 Å². The number of benzene rings is 3. The number of ether oxygens (including phenoxy) is 2. The first-order valence-electron chi connectivity index (χ1n) is 10.6. The molecule has 1 aromatic heterocycles. The number of hydrogen-bond donors (Lipinski definition) is 2. The second kappa shape index (κ2) is 9.14. The van der Waals surface area contributed by atoms with Crippen LogP contribution in [-0.4, -0.2) is 22.7 Å². The summed E-state index contributed by atoms with van der Waals surface area (Å²) in [5.74, 6) is 1.51. The molecule has 4 rings (SSSR count). The van der Waals surface area contributed by atoms with Crippen molar-refractivity contribution in [3.8, 4) is 11.5 Å². The molecule has 1 amide bonds.